The number of nitrogens with zero attached hydrogens (tertiary/aromatic N) is 3. The highest BCUT2D eigenvalue weighted by Crippen LogP contribution is 2.20. The van der Waals surface area contributed by atoms with Crippen LogP contribution in [0.15, 0.2) is 91.5 Å². The maximum atomic E-state index is 12.4. The van der Waals surface area contributed by atoms with Gasteiger partial charge in [-0.3, -0.25) is 4.98 Å². The average molecular weight is 385 g/mol. The van der Waals surface area contributed by atoms with Crippen molar-refractivity contribution in [1.29, 1.82) is 0 Å². The lowest BCUT2D eigenvalue weighted by molar-refractivity contribution is 0.0458. The van der Waals surface area contributed by atoms with E-state index in [1.54, 1.807) is 48.9 Å². The van der Waals surface area contributed by atoms with Gasteiger partial charge in [0.05, 0.1) is 11.8 Å². The van der Waals surface area contributed by atoms with E-state index in [0.717, 1.165) is 5.56 Å². The summed E-state index contributed by atoms with van der Waals surface area (Å²) in [5.41, 5.74) is 1.60. The number of ether oxygens (including phenoxy) is 2. The molecule has 0 N–H and O–H groups in total. The van der Waals surface area contributed by atoms with Gasteiger partial charge >= 0.3 is 5.97 Å². The Morgan fingerprint density at radius 3 is 2.48 bits per heavy atom. The highest BCUT2D eigenvalue weighted by Gasteiger charge is 2.11. The molecular formula is C23H19N3O3. The van der Waals surface area contributed by atoms with Crippen LogP contribution in [0.3, 0.4) is 0 Å². The summed E-state index contributed by atoms with van der Waals surface area (Å²) in [6.45, 7) is 0.778. The number of carbonyl (C=O) groups is 1. The van der Waals surface area contributed by atoms with Crippen LogP contribution >= 0.6 is 0 Å². The van der Waals surface area contributed by atoms with Crippen molar-refractivity contribution in [3.8, 4) is 11.5 Å². The van der Waals surface area contributed by atoms with Gasteiger partial charge in [-0.2, -0.15) is 0 Å². The number of hydrogen-bond donors (Lipinski definition) is 0. The van der Waals surface area contributed by atoms with Crippen LogP contribution in [-0.4, -0.2) is 20.5 Å². The van der Waals surface area contributed by atoms with Gasteiger partial charge in [0.25, 0.3) is 0 Å². The number of hydrogen-bond acceptors (Lipinski definition) is 5. The Hall–Kier alpha value is -3.93. The fourth-order valence-corrected chi connectivity index (χ4v) is 2.82. The van der Waals surface area contributed by atoms with Gasteiger partial charge in [-0.1, -0.05) is 30.3 Å². The van der Waals surface area contributed by atoms with Crippen LogP contribution in [0.2, 0.25) is 0 Å². The molecule has 0 aliphatic heterocycles. The Labute approximate surface area is 168 Å². The molecule has 0 unspecified atom stereocenters. The molecule has 2 aromatic heterocycles. The van der Waals surface area contributed by atoms with Crippen LogP contribution < -0.4 is 4.74 Å². The number of carbonyl (C=O) groups excluding carboxylic acids is 1. The Kier molecular flexibility index (Phi) is 5.62. The number of benzene rings is 2. The summed E-state index contributed by atoms with van der Waals surface area (Å²) in [7, 11) is 0. The molecule has 0 atom stereocenters. The molecule has 0 bridgehead atoms. The van der Waals surface area contributed by atoms with Gasteiger partial charge in [-0.05, 0) is 42.0 Å². The Morgan fingerprint density at radius 1 is 0.897 bits per heavy atom. The van der Waals surface area contributed by atoms with Crippen molar-refractivity contribution in [2.75, 3.05) is 0 Å². The standard InChI is InChI=1S/C23H19N3O3/c27-23(19-8-10-20(11-9-19)29-21-7-4-12-24-15-21)28-17-22-25-13-14-26(22)16-18-5-2-1-3-6-18/h1-15H,16-17H2. The lowest BCUT2D eigenvalue weighted by Crippen LogP contribution is -2.10. The first-order valence-corrected chi connectivity index (χ1v) is 9.17. The molecule has 2 aromatic carbocycles. The largest absolute Gasteiger partial charge is 0.456 e. The van der Waals surface area contributed by atoms with Crippen molar-refractivity contribution >= 4 is 5.97 Å². The molecule has 0 saturated heterocycles. The van der Waals surface area contributed by atoms with E-state index in [-0.39, 0.29) is 6.61 Å². The molecular weight excluding hydrogens is 366 g/mol. The normalized spacial score (nSPS) is 10.5. The highest BCUT2D eigenvalue weighted by atomic mass is 16.5. The maximum absolute atomic E-state index is 12.4. The van der Waals surface area contributed by atoms with Crippen molar-refractivity contribution in [2.24, 2.45) is 0 Å². The first-order chi connectivity index (χ1) is 14.3. The summed E-state index contributed by atoms with van der Waals surface area (Å²) in [4.78, 5) is 20.7. The van der Waals surface area contributed by atoms with Crippen molar-refractivity contribution in [2.45, 2.75) is 13.2 Å². The first-order valence-electron chi connectivity index (χ1n) is 9.17. The smallest absolute Gasteiger partial charge is 0.338 e. The predicted octanol–water partition coefficient (Wildman–Crippen LogP) is 4.48. The maximum Gasteiger partial charge on any atom is 0.338 e. The fraction of sp³-hybridized carbons (Fsp3) is 0.0870. The van der Waals surface area contributed by atoms with E-state index in [4.69, 9.17) is 9.47 Å². The lowest BCUT2D eigenvalue weighted by atomic mass is 10.2. The van der Waals surface area contributed by atoms with Gasteiger partial charge < -0.3 is 14.0 Å². The molecule has 0 aliphatic carbocycles. The summed E-state index contributed by atoms with van der Waals surface area (Å²) < 4.78 is 13.1. The second-order valence-electron chi connectivity index (χ2n) is 6.35. The summed E-state index contributed by atoms with van der Waals surface area (Å²) in [5, 5.41) is 0. The monoisotopic (exact) mass is 385 g/mol. The van der Waals surface area contributed by atoms with Crippen LogP contribution in [0.4, 0.5) is 0 Å². The molecule has 144 valence electrons. The van der Waals surface area contributed by atoms with Crippen molar-refractivity contribution < 1.29 is 14.3 Å². The molecule has 6 heteroatoms. The van der Waals surface area contributed by atoms with Gasteiger partial charge in [0, 0.05) is 25.1 Å². The summed E-state index contributed by atoms with van der Waals surface area (Å²) in [6, 6.07) is 20.5. The topological polar surface area (TPSA) is 66.2 Å². The van der Waals surface area contributed by atoms with Gasteiger partial charge in [0.2, 0.25) is 0 Å². The van der Waals surface area contributed by atoms with Crippen LogP contribution in [0.1, 0.15) is 21.7 Å². The zero-order valence-corrected chi connectivity index (χ0v) is 15.6. The number of pyridine rings is 1. The third kappa shape index (κ3) is 4.87. The SMILES string of the molecule is O=C(OCc1nccn1Cc1ccccc1)c1ccc(Oc2cccnc2)cc1. The van der Waals surface area contributed by atoms with E-state index in [1.807, 2.05) is 47.2 Å². The molecule has 4 rings (SSSR count). The zero-order valence-electron chi connectivity index (χ0n) is 15.6. The minimum Gasteiger partial charge on any atom is -0.456 e. The van der Waals surface area contributed by atoms with E-state index in [1.165, 1.54) is 0 Å². The van der Waals surface area contributed by atoms with Crippen molar-refractivity contribution in [3.63, 3.8) is 0 Å². The predicted molar refractivity (Wildman–Crippen MR) is 108 cm³/mol. The Balaban J connectivity index is 1.35. The number of aromatic nitrogens is 3. The molecule has 0 saturated carbocycles. The van der Waals surface area contributed by atoms with Crippen LogP contribution in [0, 0.1) is 0 Å². The van der Waals surface area contributed by atoms with Crippen LogP contribution in [0.5, 0.6) is 11.5 Å². The number of imidazole rings is 1. The first kappa shape index (κ1) is 18.4. The molecule has 2 heterocycles. The summed E-state index contributed by atoms with van der Waals surface area (Å²) in [6.07, 6.45) is 6.88. The van der Waals surface area contributed by atoms with E-state index < -0.39 is 5.97 Å². The summed E-state index contributed by atoms with van der Waals surface area (Å²) >= 11 is 0. The highest BCUT2D eigenvalue weighted by molar-refractivity contribution is 5.89. The van der Waals surface area contributed by atoms with E-state index in [2.05, 4.69) is 9.97 Å². The number of esters is 1. The van der Waals surface area contributed by atoms with Crippen molar-refractivity contribution in [3.05, 3.63) is 108 Å². The third-order valence-corrected chi connectivity index (χ3v) is 4.29. The zero-order chi connectivity index (χ0) is 19.9. The van der Waals surface area contributed by atoms with E-state index in [9.17, 15) is 4.79 Å². The molecule has 29 heavy (non-hydrogen) atoms. The van der Waals surface area contributed by atoms with Gasteiger partial charge in [0.15, 0.2) is 0 Å². The molecule has 0 radical (unpaired) electrons. The van der Waals surface area contributed by atoms with Crippen LogP contribution in [0.25, 0.3) is 0 Å². The third-order valence-electron chi connectivity index (χ3n) is 4.29. The average Bonchev–Trinajstić information content (AvgIpc) is 3.21. The lowest BCUT2D eigenvalue weighted by Gasteiger charge is -2.09. The summed E-state index contributed by atoms with van der Waals surface area (Å²) in [5.74, 6) is 1.53. The van der Waals surface area contributed by atoms with E-state index in [0.29, 0.717) is 29.4 Å². The molecule has 6 nitrogen and oxygen atoms in total. The minimum atomic E-state index is -0.410. The van der Waals surface area contributed by atoms with Gasteiger partial charge in [-0.25, -0.2) is 9.78 Å². The van der Waals surface area contributed by atoms with Gasteiger partial charge in [0.1, 0.15) is 23.9 Å². The number of rotatable bonds is 7. The molecule has 0 fully saturated rings. The van der Waals surface area contributed by atoms with Crippen LogP contribution in [-0.2, 0) is 17.9 Å². The fourth-order valence-electron chi connectivity index (χ4n) is 2.82. The molecule has 0 aliphatic rings. The van der Waals surface area contributed by atoms with Crippen molar-refractivity contribution in [1.82, 2.24) is 14.5 Å². The van der Waals surface area contributed by atoms with Gasteiger partial charge in [-0.15, -0.1) is 0 Å². The second-order valence-corrected chi connectivity index (χ2v) is 6.35. The van der Waals surface area contributed by atoms with E-state index >= 15 is 0 Å². The Bertz CT molecular complexity index is 1060. The quantitative estimate of drug-likeness (QED) is 0.439. The second kappa shape index (κ2) is 8.84. The molecule has 0 amide bonds. The molecule has 0 spiro atoms. The Morgan fingerprint density at radius 2 is 1.72 bits per heavy atom. The molecule has 4 aromatic rings. The minimum absolute atomic E-state index is 0.104.